The van der Waals surface area contributed by atoms with Gasteiger partial charge in [0.15, 0.2) is 0 Å². The number of likely N-dealkylation sites (tertiary alicyclic amines) is 1. The average Bonchev–Trinajstić information content (AvgIpc) is 2.44. The first-order valence-corrected chi connectivity index (χ1v) is 8.75. The highest BCUT2D eigenvalue weighted by Crippen LogP contribution is 2.21. The summed E-state index contributed by atoms with van der Waals surface area (Å²) in [5, 5.41) is 11.9. The van der Waals surface area contributed by atoms with E-state index in [1.165, 1.54) is 0 Å². The van der Waals surface area contributed by atoms with Gasteiger partial charge >= 0.3 is 12.0 Å². The molecule has 0 aromatic heterocycles. The van der Waals surface area contributed by atoms with Gasteiger partial charge in [0.1, 0.15) is 0 Å². The number of carboxylic acid groups (broad SMARTS) is 1. The Hall–Kier alpha value is -0.910. The maximum absolute atomic E-state index is 12.4. The zero-order valence-corrected chi connectivity index (χ0v) is 13.2. The molecule has 0 bridgehead atoms. The summed E-state index contributed by atoms with van der Waals surface area (Å²) in [6, 6.07) is 0.243. The van der Waals surface area contributed by atoms with Crippen molar-refractivity contribution < 1.29 is 14.7 Å². The molecule has 1 heterocycles. The number of carboxylic acids is 1. The van der Waals surface area contributed by atoms with Crippen LogP contribution in [-0.4, -0.2) is 52.6 Å². The summed E-state index contributed by atoms with van der Waals surface area (Å²) in [5.41, 5.74) is 0. The number of hydrogen-bond acceptors (Lipinski definition) is 3. The van der Waals surface area contributed by atoms with E-state index in [2.05, 4.69) is 12.2 Å². The van der Waals surface area contributed by atoms with E-state index in [-0.39, 0.29) is 24.5 Å². The first-order valence-electron chi connectivity index (χ1n) is 7.36. The molecule has 1 aliphatic rings. The van der Waals surface area contributed by atoms with E-state index >= 15 is 0 Å². The molecule has 6 heteroatoms. The predicted molar refractivity (Wildman–Crippen MR) is 82.2 cm³/mol. The van der Waals surface area contributed by atoms with Gasteiger partial charge in [-0.3, -0.25) is 4.79 Å². The van der Waals surface area contributed by atoms with Crippen molar-refractivity contribution in [2.24, 2.45) is 0 Å². The first kappa shape index (κ1) is 17.1. The molecule has 0 spiro atoms. The Morgan fingerprint density at radius 3 is 2.80 bits per heavy atom. The van der Waals surface area contributed by atoms with Gasteiger partial charge < -0.3 is 15.3 Å². The Morgan fingerprint density at radius 2 is 2.20 bits per heavy atom. The molecule has 2 amide bonds. The predicted octanol–water partition coefficient (Wildman–Crippen LogP) is 2.56. The summed E-state index contributed by atoms with van der Waals surface area (Å²) in [6.07, 6.45) is 6.65. The van der Waals surface area contributed by atoms with Gasteiger partial charge in [-0.2, -0.15) is 11.8 Å². The normalized spacial score (nSPS) is 20.5. The molecule has 1 rings (SSSR count). The van der Waals surface area contributed by atoms with Gasteiger partial charge in [0.2, 0.25) is 0 Å². The van der Waals surface area contributed by atoms with Crippen molar-refractivity contribution in [3.63, 3.8) is 0 Å². The third-order valence-electron chi connectivity index (χ3n) is 3.77. The molecule has 2 unspecified atom stereocenters. The van der Waals surface area contributed by atoms with Crippen molar-refractivity contribution in [3.8, 4) is 0 Å². The van der Waals surface area contributed by atoms with Gasteiger partial charge in [0, 0.05) is 30.8 Å². The molecule has 20 heavy (non-hydrogen) atoms. The van der Waals surface area contributed by atoms with Crippen LogP contribution in [-0.2, 0) is 4.79 Å². The zero-order valence-electron chi connectivity index (χ0n) is 12.4. The van der Waals surface area contributed by atoms with E-state index in [9.17, 15) is 9.59 Å². The fourth-order valence-corrected chi connectivity index (χ4v) is 3.30. The summed E-state index contributed by atoms with van der Waals surface area (Å²) >= 11 is 1.73. The van der Waals surface area contributed by atoms with Crippen molar-refractivity contribution in [3.05, 3.63) is 0 Å². The lowest BCUT2D eigenvalue weighted by Crippen LogP contribution is -2.51. The topological polar surface area (TPSA) is 69.6 Å². The summed E-state index contributed by atoms with van der Waals surface area (Å²) in [6.45, 7) is 2.81. The maximum Gasteiger partial charge on any atom is 0.317 e. The standard InChI is InChI=1S/C14H26N2O3S/c1-3-11(10-20-2)15-14(19)16-9-5-4-6-12(16)7-8-13(17)18/h11-12H,3-10H2,1-2H3,(H,15,19)(H,17,18). The molecule has 1 saturated heterocycles. The van der Waals surface area contributed by atoms with E-state index in [0.717, 1.165) is 38.0 Å². The number of nitrogens with zero attached hydrogens (tertiary/aromatic N) is 1. The number of amides is 2. The van der Waals surface area contributed by atoms with Crippen LogP contribution in [0.1, 0.15) is 45.4 Å². The van der Waals surface area contributed by atoms with E-state index < -0.39 is 5.97 Å². The van der Waals surface area contributed by atoms with Crippen LogP contribution in [0.15, 0.2) is 0 Å². The number of carbonyl (C=O) groups excluding carboxylic acids is 1. The molecule has 1 aliphatic heterocycles. The summed E-state index contributed by atoms with van der Waals surface area (Å²) < 4.78 is 0. The number of urea groups is 1. The maximum atomic E-state index is 12.4. The minimum absolute atomic E-state index is 0.0269. The second kappa shape index (κ2) is 9.10. The van der Waals surface area contributed by atoms with Crippen molar-refractivity contribution in [2.45, 2.75) is 57.5 Å². The minimum atomic E-state index is -0.787. The molecule has 0 saturated carbocycles. The van der Waals surface area contributed by atoms with Crippen LogP contribution in [0.5, 0.6) is 0 Å². The van der Waals surface area contributed by atoms with Crippen LogP contribution in [0.2, 0.25) is 0 Å². The number of aliphatic carboxylic acids is 1. The monoisotopic (exact) mass is 302 g/mol. The molecule has 0 radical (unpaired) electrons. The lowest BCUT2D eigenvalue weighted by atomic mass is 9.98. The van der Waals surface area contributed by atoms with Crippen LogP contribution in [0.4, 0.5) is 4.79 Å². The Kier molecular flexibility index (Phi) is 7.80. The number of piperidine rings is 1. The molecule has 0 aromatic carbocycles. The first-order chi connectivity index (χ1) is 9.58. The number of carbonyl (C=O) groups is 2. The molecular weight excluding hydrogens is 276 g/mol. The second-order valence-corrected chi connectivity index (χ2v) is 6.20. The highest BCUT2D eigenvalue weighted by molar-refractivity contribution is 7.98. The van der Waals surface area contributed by atoms with Crippen LogP contribution >= 0.6 is 11.8 Å². The molecular formula is C14H26N2O3S. The highest BCUT2D eigenvalue weighted by atomic mass is 32.2. The molecule has 116 valence electrons. The molecule has 1 fully saturated rings. The van der Waals surface area contributed by atoms with Crippen molar-refractivity contribution in [1.29, 1.82) is 0 Å². The molecule has 0 aromatic rings. The lowest BCUT2D eigenvalue weighted by molar-refractivity contribution is -0.137. The summed E-state index contributed by atoms with van der Waals surface area (Å²) in [4.78, 5) is 24.9. The lowest BCUT2D eigenvalue weighted by Gasteiger charge is -2.36. The summed E-state index contributed by atoms with van der Waals surface area (Å²) in [5.74, 6) is 0.125. The van der Waals surface area contributed by atoms with Gasteiger partial charge in [0.25, 0.3) is 0 Å². The second-order valence-electron chi connectivity index (χ2n) is 5.29. The van der Waals surface area contributed by atoms with Crippen LogP contribution in [0.3, 0.4) is 0 Å². The molecule has 2 atom stereocenters. The van der Waals surface area contributed by atoms with Crippen molar-refractivity contribution in [1.82, 2.24) is 10.2 Å². The van der Waals surface area contributed by atoms with Gasteiger partial charge in [-0.15, -0.1) is 0 Å². The fraction of sp³-hybridized carbons (Fsp3) is 0.857. The van der Waals surface area contributed by atoms with Gasteiger partial charge in [-0.1, -0.05) is 6.92 Å². The Balaban J connectivity index is 2.54. The highest BCUT2D eigenvalue weighted by Gasteiger charge is 2.27. The van der Waals surface area contributed by atoms with Crippen LogP contribution in [0.25, 0.3) is 0 Å². The Labute approximate surface area is 125 Å². The largest absolute Gasteiger partial charge is 0.481 e. The molecule has 0 aliphatic carbocycles. The molecule has 2 N–H and O–H groups in total. The quantitative estimate of drug-likeness (QED) is 0.758. The number of hydrogen-bond donors (Lipinski definition) is 2. The smallest absolute Gasteiger partial charge is 0.317 e. The van der Waals surface area contributed by atoms with E-state index in [1.54, 1.807) is 11.8 Å². The molecule has 5 nitrogen and oxygen atoms in total. The van der Waals surface area contributed by atoms with E-state index in [1.807, 2.05) is 11.2 Å². The SMILES string of the molecule is CCC(CSC)NC(=O)N1CCCCC1CCC(=O)O. The van der Waals surface area contributed by atoms with E-state index in [4.69, 9.17) is 5.11 Å². The minimum Gasteiger partial charge on any atom is -0.481 e. The van der Waals surface area contributed by atoms with Crippen molar-refractivity contribution in [2.75, 3.05) is 18.6 Å². The third-order valence-corrected chi connectivity index (χ3v) is 4.50. The number of rotatable bonds is 7. The summed E-state index contributed by atoms with van der Waals surface area (Å²) in [7, 11) is 0. The third kappa shape index (κ3) is 5.61. The number of nitrogens with one attached hydrogen (secondary N) is 1. The van der Waals surface area contributed by atoms with Crippen LogP contribution in [0, 0.1) is 0 Å². The zero-order chi connectivity index (χ0) is 15.0. The van der Waals surface area contributed by atoms with Gasteiger partial charge in [-0.25, -0.2) is 4.79 Å². The van der Waals surface area contributed by atoms with Crippen LogP contribution < -0.4 is 5.32 Å². The van der Waals surface area contributed by atoms with Crippen molar-refractivity contribution >= 4 is 23.8 Å². The fourth-order valence-electron chi connectivity index (χ4n) is 2.58. The van der Waals surface area contributed by atoms with E-state index in [0.29, 0.717) is 6.42 Å². The Bertz CT molecular complexity index is 326. The van der Waals surface area contributed by atoms with Gasteiger partial charge in [-0.05, 0) is 38.4 Å². The number of thioether (sulfide) groups is 1. The average molecular weight is 302 g/mol. The Morgan fingerprint density at radius 1 is 1.45 bits per heavy atom. The van der Waals surface area contributed by atoms with Gasteiger partial charge in [0.05, 0.1) is 0 Å².